The van der Waals surface area contributed by atoms with E-state index in [1.54, 1.807) is 11.8 Å². The smallest absolute Gasteiger partial charge is 0.394 e. The number of amides is 2. The third kappa shape index (κ3) is 7.58. The van der Waals surface area contributed by atoms with Gasteiger partial charge in [0.15, 0.2) is 5.78 Å². The average Bonchev–Trinajstić information content (AvgIpc) is 3.89. The summed E-state index contributed by atoms with van der Waals surface area (Å²) in [5.74, 6) is -2.40. The van der Waals surface area contributed by atoms with E-state index in [4.69, 9.17) is 9.15 Å². The molecule has 2 aliphatic carbocycles. The highest BCUT2D eigenvalue weighted by Crippen LogP contribution is 2.57. The molecule has 2 aliphatic heterocycles. The molecule has 7 rings (SSSR count). The number of carbonyl (C=O) groups excluding carboxylic acids is 3. The largest absolute Gasteiger partial charge is 0.445 e. The molecule has 3 fully saturated rings. The summed E-state index contributed by atoms with van der Waals surface area (Å²) >= 11 is 0. The second-order valence-electron chi connectivity index (χ2n) is 15.4. The maximum absolute atomic E-state index is 14.6. The van der Waals surface area contributed by atoms with Gasteiger partial charge in [-0.05, 0) is 88.0 Å². The third-order valence-corrected chi connectivity index (χ3v) is 13.5. The monoisotopic (exact) mass is 731 g/mol. The number of rotatable bonds is 8. The molecule has 12 heteroatoms. The number of allylic oxidation sites excluding steroid dienone is 2. The second kappa shape index (κ2) is 14.2. The highest BCUT2D eigenvalue weighted by molar-refractivity contribution is 7.91. The van der Waals surface area contributed by atoms with Gasteiger partial charge < -0.3 is 14.1 Å². The van der Waals surface area contributed by atoms with Crippen LogP contribution in [0.3, 0.4) is 0 Å². The van der Waals surface area contributed by atoms with Gasteiger partial charge in [-0.15, -0.1) is 0 Å². The predicted octanol–water partition coefficient (Wildman–Crippen LogP) is 6.48. The molecule has 2 saturated carbocycles. The van der Waals surface area contributed by atoms with Crippen LogP contribution in [-0.4, -0.2) is 59.3 Å². The molecule has 0 unspecified atom stereocenters. The molecule has 2 amide bonds. The lowest BCUT2D eigenvalue weighted by Crippen LogP contribution is -2.47. The van der Waals surface area contributed by atoms with Crippen LogP contribution >= 0.6 is 0 Å². The van der Waals surface area contributed by atoms with Crippen molar-refractivity contribution >= 4 is 27.6 Å². The lowest BCUT2D eigenvalue weighted by molar-refractivity contribution is -0.142. The van der Waals surface area contributed by atoms with Crippen molar-refractivity contribution in [1.82, 2.24) is 14.6 Å². The molecule has 4 aliphatic rings. The number of oxazole rings is 1. The number of nitrogens with one attached hydrogen (secondary N) is 1. The fourth-order valence-electron chi connectivity index (χ4n) is 7.83. The summed E-state index contributed by atoms with van der Waals surface area (Å²) in [6.45, 7) is 3.52. The molecule has 3 heterocycles. The van der Waals surface area contributed by atoms with Crippen LogP contribution in [0.15, 0.2) is 71.4 Å². The Morgan fingerprint density at radius 3 is 2.65 bits per heavy atom. The van der Waals surface area contributed by atoms with Crippen LogP contribution in [0.1, 0.15) is 82.3 Å². The number of aryl methyl sites for hydroxylation is 1. The van der Waals surface area contributed by atoms with Gasteiger partial charge in [-0.3, -0.25) is 19.1 Å². The third-order valence-electron chi connectivity index (χ3n) is 11.4. The Labute approximate surface area is 304 Å². The van der Waals surface area contributed by atoms with E-state index < -0.39 is 44.2 Å². The van der Waals surface area contributed by atoms with E-state index in [0.717, 1.165) is 36.8 Å². The maximum atomic E-state index is 14.6. The molecule has 0 radical (unpaired) electrons. The van der Waals surface area contributed by atoms with Crippen LogP contribution in [0.2, 0.25) is 0 Å². The Hall–Kier alpha value is -4.32. The molecule has 1 saturated heterocycles. The summed E-state index contributed by atoms with van der Waals surface area (Å²) in [5, 5.41) is 0. The number of hydrogen-bond donors (Lipinski definition) is 1. The Kier molecular flexibility index (Phi) is 9.88. The molecule has 10 nitrogen and oxygen atoms in total. The van der Waals surface area contributed by atoms with E-state index >= 15 is 0 Å². The number of fused-ring (bicyclic) bond motifs is 2. The molecule has 1 N–H and O–H groups in total. The summed E-state index contributed by atoms with van der Waals surface area (Å²) in [6.07, 6.45) is 10.2. The van der Waals surface area contributed by atoms with Crippen LogP contribution in [-0.2, 0) is 30.8 Å². The van der Waals surface area contributed by atoms with E-state index in [9.17, 15) is 27.2 Å². The van der Waals surface area contributed by atoms with Crippen molar-refractivity contribution in [2.45, 2.75) is 101 Å². The zero-order chi connectivity index (χ0) is 36.7. The van der Waals surface area contributed by atoms with Crippen molar-refractivity contribution in [1.29, 1.82) is 0 Å². The lowest BCUT2D eigenvalue weighted by Gasteiger charge is -2.29. The van der Waals surface area contributed by atoms with Crippen LogP contribution in [0.5, 0.6) is 6.08 Å². The van der Waals surface area contributed by atoms with E-state index in [0.29, 0.717) is 43.4 Å². The SMILES string of the molecule is Cc1cc(F)cc(C[C@H]2CCCCC/C=C\[C@@H]3C[C@@]3(C(=O)NS(=O)(=O)C3(C)CC3)CC(=O)[C@@H]3C[C@@H](Oc4nc(-c5ccccc5)co4)CN3C2=O)c1. The number of aromatic nitrogens is 1. The van der Waals surface area contributed by atoms with Crippen molar-refractivity contribution in [3.8, 4) is 17.3 Å². The molecule has 2 aromatic carbocycles. The molecule has 1 aromatic heterocycles. The topological polar surface area (TPSA) is 136 Å². The number of carbonyl (C=O) groups is 3. The van der Waals surface area contributed by atoms with E-state index in [1.165, 1.54) is 18.4 Å². The molecule has 276 valence electrons. The van der Waals surface area contributed by atoms with Gasteiger partial charge in [0.25, 0.3) is 0 Å². The van der Waals surface area contributed by atoms with Crippen LogP contribution in [0.25, 0.3) is 11.3 Å². The number of nitrogens with zero attached hydrogens (tertiary/aromatic N) is 2. The first-order valence-corrected chi connectivity index (χ1v) is 19.8. The Balaban J connectivity index is 1.18. The van der Waals surface area contributed by atoms with Crippen molar-refractivity contribution in [3.05, 3.63) is 83.9 Å². The van der Waals surface area contributed by atoms with Gasteiger partial charge in [0, 0.05) is 24.3 Å². The molecular weight excluding hydrogens is 686 g/mol. The van der Waals surface area contributed by atoms with Gasteiger partial charge in [0.1, 0.15) is 23.9 Å². The standard InChI is InChI=1S/C40H46FN3O7S/c1-26-17-27(20-31(41)18-26)19-29-13-7-4-3-5-10-14-30-22-40(30,37(47)43-52(48,49)39(2)15-16-39)23-35(45)34-21-32(24-44(34)36(29)46)51-38-42-33(25-50-38)28-11-8-6-9-12-28/h6,8-12,14,17-18,20,25,29-30,32,34H,3-5,7,13,15-16,19,21-24H2,1-2H3,(H,43,47)/b14-10-/t29-,30-,32-,34+,40-/m1/s1. The van der Waals surface area contributed by atoms with E-state index in [-0.39, 0.29) is 48.9 Å². The molecular formula is C40H46FN3O7S. The zero-order valence-electron chi connectivity index (χ0n) is 29.7. The van der Waals surface area contributed by atoms with Gasteiger partial charge in [-0.2, -0.15) is 4.98 Å². The van der Waals surface area contributed by atoms with Gasteiger partial charge in [-0.1, -0.05) is 61.4 Å². The van der Waals surface area contributed by atoms with Gasteiger partial charge >= 0.3 is 6.08 Å². The first-order valence-electron chi connectivity index (χ1n) is 18.4. The lowest BCUT2D eigenvalue weighted by atomic mass is 9.89. The first kappa shape index (κ1) is 36.1. The van der Waals surface area contributed by atoms with E-state index in [1.807, 2.05) is 55.5 Å². The fourth-order valence-corrected chi connectivity index (χ4v) is 9.16. The molecule has 0 bridgehead atoms. The molecule has 0 spiro atoms. The highest BCUT2D eigenvalue weighted by atomic mass is 32.2. The predicted molar refractivity (Wildman–Crippen MR) is 192 cm³/mol. The number of ketones is 1. The number of halogens is 1. The normalized spacial score (nSPS) is 28.2. The second-order valence-corrected chi connectivity index (χ2v) is 17.6. The van der Waals surface area contributed by atoms with E-state index in [2.05, 4.69) is 9.71 Å². The zero-order valence-corrected chi connectivity index (χ0v) is 30.5. The first-order chi connectivity index (χ1) is 24.9. The fraction of sp³-hybridized carbons (Fsp3) is 0.500. The summed E-state index contributed by atoms with van der Waals surface area (Å²) in [4.78, 5) is 48.9. The quantitative estimate of drug-likeness (QED) is 0.260. The number of ether oxygens (including phenoxy) is 1. The summed E-state index contributed by atoms with van der Waals surface area (Å²) < 4.78 is 53.9. The Morgan fingerprint density at radius 1 is 1.12 bits per heavy atom. The van der Waals surface area contributed by atoms with Crippen LogP contribution in [0.4, 0.5) is 4.39 Å². The van der Waals surface area contributed by atoms with Crippen molar-refractivity contribution in [3.63, 3.8) is 0 Å². The summed E-state index contributed by atoms with van der Waals surface area (Å²) in [5.41, 5.74) is 1.66. The highest BCUT2D eigenvalue weighted by Gasteiger charge is 2.62. The Morgan fingerprint density at radius 2 is 1.90 bits per heavy atom. The molecule has 5 atom stereocenters. The number of sulfonamides is 1. The minimum absolute atomic E-state index is 0.0142. The van der Waals surface area contributed by atoms with Gasteiger partial charge in [0.2, 0.25) is 21.8 Å². The number of Topliss-reactive ketones (excluding diaryl/α,β-unsaturated/α-hetero) is 1. The summed E-state index contributed by atoms with van der Waals surface area (Å²) in [7, 11) is -3.92. The number of benzene rings is 2. The number of hydrogen-bond acceptors (Lipinski definition) is 8. The van der Waals surface area contributed by atoms with Gasteiger partial charge in [0.05, 0.1) is 22.7 Å². The van der Waals surface area contributed by atoms with Crippen LogP contribution in [0, 0.1) is 30.0 Å². The average molecular weight is 732 g/mol. The minimum atomic E-state index is -3.92. The minimum Gasteiger partial charge on any atom is -0.445 e. The van der Waals surface area contributed by atoms with Gasteiger partial charge in [-0.25, -0.2) is 12.8 Å². The Bertz CT molecular complexity index is 1950. The molecule has 3 aromatic rings. The summed E-state index contributed by atoms with van der Waals surface area (Å²) in [6, 6.07) is 13.3. The van der Waals surface area contributed by atoms with Crippen LogP contribution < -0.4 is 9.46 Å². The maximum Gasteiger partial charge on any atom is 0.394 e. The van der Waals surface area contributed by atoms with Crippen molar-refractivity contribution in [2.24, 2.45) is 17.3 Å². The molecule has 52 heavy (non-hydrogen) atoms. The van der Waals surface area contributed by atoms with Crippen molar-refractivity contribution in [2.75, 3.05) is 6.54 Å². The van der Waals surface area contributed by atoms with Crippen molar-refractivity contribution < 1.29 is 36.3 Å².